The number of hydrogen-bond acceptors (Lipinski definition) is 4. The Morgan fingerprint density at radius 3 is 2.06 bits per heavy atom. The van der Waals surface area contributed by atoms with E-state index in [1.165, 1.54) is 38.1 Å². The Morgan fingerprint density at radius 2 is 1.58 bits per heavy atom. The molecule has 2 atom stereocenters. The van der Waals surface area contributed by atoms with Crippen LogP contribution in [0.5, 0.6) is 0 Å². The molecule has 0 saturated carbocycles. The summed E-state index contributed by atoms with van der Waals surface area (Å²) in [6.07, 6.45) is 1.46. The van der Waals surface area contributed by atoms with Gasteiger partial charge in [0.25, 0.3) is 5.92 Å². The van der Waals surface area contributed by atoms with Crippen molar-refractivity contribution in [3.8, 4) is 0 Å². The van der Waals surface area contributed by atoms with Crippen LogP contribution in [0.1, 0.15) is 51.2 Å². The zero-order chi connectivity index (χ0) is 23.6. The highest BCUT2D eigenvalue weighted by Gasteiger charge is 2.26. The second kappa shape index (κ2) is 12.0. The number of carbonyl (C=O) groups excluding carboxylic acids is 4. The summed E-state index contributed by atoms with van der Waals surface area (Å²) in [5.74, 6) is -4.92. The largest absolute Gasteiger partial charge is 0.368 e. The Bertz CT molecular complexity index is 779. The lowest BCUT2D eigenvalue weighted by Gasteiger charge is -2.22. The minimum absolute atomic E-state index is 0.0506. The fourth-order valence-electron chi connectivity index (χ4n) is 2.92. The van der Waals surface area contributed by atoms with Gasteiger partial charge in [0.2, 0.25) is 23.6 Å². The van der Waals surface area contributed by atoms with Crippen molar-refractivity contribution in [2.75, 3.05) is 6.54 Å². The molecule has 1 rings (SSSR count). The topological polar surface area (TPSA) is 130 Å². The predicted octanol–water partition coefficient (Wildman–Crippen LogP) is 1.12. The third-order valence-corrected chi connectivity index (χ3v) is 4.55. The summed E-state index contributed by atoms with van der Waals surface area (Å²) < 4.78 is 26.7. The van der Waals surface area contributed by atoms with E-state index >= 15 is 0 Å². The van der Waals surface area contributed by atoms with Gasteiger partial charge in [-0.15, -0.1) is 0 Å². The quantitative estimate of drug-likeness (QED) is 0.363. The lowest BCUT2D eigenvalue weighted by Crippen LogP contribution is -2.53. The van der Waals surface area contributed by atoms with Crippen molar-refractivity contribution in [3.05, 3.63) is 35.4 Å². The van der Waals surface area contributed by atoms with E-state index in [9.17, 15) is 28.0 Å². The van der Waals surface area contributed by atoms with Crippen LogP contribution in [0.15, 0.2) is 24.3 Å². The van der Waals surface area contributed by atoms with Crippen LogP contribution >= 0.6 is 0 Å². The van der Waals surface area contributed by atoms with Gasteiger partial charge in [-0.3, -0.25) is 19.2 Å². The molecule has 0 heterocycles. The third kappa shape index (κ3) is 10.0. The Labute approximate surface area is 180 Å². The van der Waals surface area contributed by atoms with Gasteiger partial charge in [0.15, 0.2) is 0 Å². The second-order valence-electron chi connectivity index (χ2n) is 7.48. The summed E-state index contributed by atoms with van der Waals surface area (Å²) in [4.78, 5) is 46.8. The smallest absolute Gasteiger partial charge is 0.270 e. The molecule has 1 aromatic rings. The SMILES string of the molecule is CC(=O)NCCCCC(NC(=O)C(Cc1ccc(C(C)(F)F)cc1)NC(C)=O)C(N)=O. The maximum Gasteiger partial charge on any atom is 0.270 e. The predicted molar refractivity (Wildman–Crippen MR) is 111 cm³/mol. The first-order valence-corrected chi connectivity index (χ1v) is 9.98. The lowest BCUT2D eigenvalue weighted by atomic mass is 10.0. The van der Waals surface area contributed by atoms with Crippen LogP contribution < -0.4 is 21.7 Å². The Balaban J connectivity index is 2.77. The molecule has 8 nitrogen and oxygen atoms in total. The normalized spacial score (nSPS) is 13.1. The fraction of sp³-hybridized carbons (Fsp3) is 0.524. The van der Waals surface area contributed by atoms with Crippen molar-refractivity contribution in [2.45, 2.75) is 64.5 Å². The maximum atomic E-state index is 13.4. The number of alkyl halides is 2. The van der Waals surface area contributed by atoms with Crippen molar-refractivity contribution in [3.63, 3.8) is 0 Å². The first-order chi connectivity index (χ1) is 14.4. The van der Waals surface area contributed by atoms with Crippen LogP contribution in [0, 0.1) is 0 Å². The molecule has 4 amide bonds. The van der Waals surface area contributed by atoms with E-state index in [2.05, 4.69) is 16.0 Å². The van der Waals surface area contributed by atoms with Crippen LogP contribution in [0.2, 0.25) is 0 Å². The third-order valence-electron chi connectivity index (χ3n) is 4.55. The average molecular weight is 440 g/mol. The minimum Gasteiger partial charge on any atom is -0.368 e. The van der Waals surface area contributed by atoms with Crippen LogP contribution in [-0.4, -0.2) is 42.3 Å². The number of nitrogens with one attached hydrogen (secondary N) is 3. The highest BCUT2D eigenvalue weighted by molar-refractivity contribution is 5.91. The average Bonchev–Trinajstić information content (AvgIpc) is 2.65. The molecule has 0 fully saturated rings. The van der Waals surface area contributed by atoms with Crippen LogP contribution in [0.25, 0.3) is 0 Å². The molecular weight excluding hydrogens is 410 g/mol. The standard InChI is InChI=1S/C21H30F2N4O4/c1-13(28)25-11-5-4-6-17(19(24)30)27-20(31)18(26-14(2)29)12-15-7-9-16(10-8-15)21(3,22)23/h7-10,17-18H,4-6,11-12H2,1-3H3,(H2,24,30)(H,25,28)(H,26,29)(H,27,31). The van der Waals surface area contributed by atoms with Crippen molar-refractivity contribution in [2.24, 2.45) is 5.73 Å². The van der Waals surface area contributed by atoms with E-state index < -0.39 is 35.7 Å². The van der Waals surface area contributed by atoms with E-state index in [-0.39, 0.29) is 24.3 Å². The molecule has 0 saturated heterocycles. The highest BCUT2D eigenvalue weighted by atomic mass is 19.3. The molecule has 31 heavy (non-hydrogen) atoms. The van der Waals surface area contributed by atoms with Gasteiger partial charge in [0.1, 0.15) is 12.1 Å². The number of unbranched alkanes of at least 4 members (excludes halogenated alkanes) is 1. The number of carbonyl (C=O) groups is 4. The van der Waals surface area contributed by atoms with Crippen LogP contribution in [0.4, 0.5) is 8.78 Å². The van der Waals surface area contributed by atoms with E-state index in [0.29, 0.717) is 24.9 Å². The maximum absolute atomic E-state index is 13.4. The molecule has 172 valence electrons. The van der Waals surface area contributed by atoms with Gasteiger partial charge in [0, 0.05) is 39.3 Å². The van der Waals surface area contributed by atoms with Crippen LogP contribution in [-0.2, 0) is 31.5 Å². The van der Waals surface area contributed by atoms with E-state index in [4.69, 9.17) is 5.73 Å². The monoisotopic (exact) mass is 440 g/mol. The van der Waals surface area contributed by atoms with E-state index in [1.807, 2.05) is 0 Å². The minimum atomic E-state index is -2.98. The number of nitrogens with two attached hydrogens (primary N) is 1. The number of hydrogen-bond donors (Lipinski definition) is 4. The Hall–Kier alpha value is -3.04. The molecule has 0 aromatic heterocycles. The highest BCUT2D eigenvalue weighted by Crippen LogP contribution is 2.26. The summed E-state index contributed by atoms with van der Waals surface area (Å²) in [5.41, 5.74) is 5.78. The molecule has 0 radical (unpaired) electrons. The zero-order valence-electron chi connectivity index (χ0n) is 18.0. The van der Waals surface area contributed by atoms with Crippen molar-refractivity contribution < 1.29 is 28.0 Å². The number of halogens is 2. The van der Waals surface area contributed by atoms with Gasteiger partial charge in [-0.05, 0) is 24.8 Å². The number of primary amides is 1. The summed E-state index contributed by atoms with van der Waals surface area (Å²) in [6, 6.07) is 3.50. The molecule has 1 aromatic carbocycles. The van der Waals surface area contributed by atoms with Crippen molar-refractivity contribution in [1.29, 1.82) is 0 Å². The molecule has 2 unspecified atom stereocenters. The van der Waals surface area contributed by atoms with Crippen LogP contribution in [0.3, 0.4) is 0 Å². The first kappa shape index (κ1) is 26.0. The first-order valence-electron chi connectivity index (χ1n) is 9.98. The molecule has 10 heteroatoms. The van der Waals surface area contributed by atoms with E-state index in [0.717, 1.165) is 6.92 Å². The summed E-state index contributed by atoms with van der Waals surface area (Å²) in [7, 11) is 0. The Kier molecular flexibility index (Phi) is 10.0. The van der Waals surface area contributed by atoms with Gasteiger partial charge in [-0.25, -0.2) is 8.78 Å². The van der Waals surface area contributed by atoms with Gasteiger partial charge in [0.05, 0.1) is 0 Å². The fourth-order valence-corrected chi connectivity index (χ4v) is 2.92. The molecule has 0 aliphatic heterocycles. The molecule has 0 spiro atoms. The van der Waals surface area contributed by atoms with E-state index in [1.54, 1.807) is 0 Å². The molecule has 0 bridgehead atoms. The number of amides is 4. The summed E-state index contributed by atoms with van der Waals surface area (Å²) in [5, 5.41) is 7.68. The zero-order valence-corrected chi connectivity index (χ0v) is 18.0. The number of benzene rings is 1. The van der Waals surface area contributed by atoms with Gasteiger partial charge in [-0.2, -0.15) is 0 Å². The molecule has 5 N–H and O–H groups in total. The lowest BCUT2D eigenvalue weighted by molar-refractivity contribution is -0.131. The summed E-state index contributed by atoms with van der Waals surface area (Å²) in [6.45, 7) is 3.87. The summed E-state index contributed by atoms with van der Waals surface area (Å²) >= 11 is 0. The van der Waals surface area contributed by atoms with Gasteiger partial charge >= 0.3 is 0 Å². The van der Waals surface area contributed by atoms with Gasteiger partial charge < -0.3 is 21.7 Å². The molecular formula is C21H30F2N4O4. The Morgan fingerprint density at radius 1 is 0.968 bits per heavy atom. The molecule has 0 aliphatic carbocycles. The number of rotatable bonds is 12. The van der Waals surface area contributed by atoms with Crippen molar-refractivity contribution in [1.82, 2.24) is 16.0 Å². The van der Waals surface area contributed by atoms with Gasteiger partial charge in [-0.1, -0.05) is 24.3 Å². The van der Waals surface area contributed by atoms with Crippen molar-refractivity contribution >= 4 is 23.6 Å². The second-order valence-corrected chi connectivity index (χ2v) is 7.48. The molecule has 0 aliphatic rings.